The summed E-state index contributed by atoms with van der Waals surface area (Å²) in [5.74, 6) is 0.388. The number of H-pyrrole nitrogens is 1. The Morgan fingerprint density at radius 3 is 2.76 bits per heavy atom. The number of anilines is 1. The highest BCUT2D eigenvalue weighted by atomic mass is 32.2. The second-order valence-corrected chi connectivity index (χ2v) is 7.55. The summed E-state index contributed by atoms with van der Waals surface area (Å²) in [7, 11) is 0. The highest BCUT2D eigenvalue weighted by Gasteiger charge is 2.19. The zero-order valence-electron chi connectivity index (χ0n) is 13.6. The third-order valence-electron chi connectivity index (χ3n) is 3.44. The van der Waals surface area contributed by atoms with Gasteiger partial charge < -0.3 is 5.32 Å². The number of Topliss-reactive ketones (excluding diaryl/α,β-unsaturated/α-hetero) is 1. The van der Waals surface area contributed by atoms with Crippen LogP contribution in [-0.2, 0) is 4.79 Å². The van der Waals surface area contributed by atoms with E-state index in [1.54, 1.807) is 42.5 Å². The molecular weight excluding hydrogens is 356 g/mol. The van der Waals surface area contributed by atoms with Crippen LogP contribution in [0.4, 0.5) is 5.69 Å². The molecule has 128 valence electrons. The summed E-state index contributed by atoms with van der Waals surface area (Å²) in [6.45, 7) is 3.25. The Bertz CT molecular complexity index is 890. The second-order valence-electron chi connectivity index (χ2n) is 5.29. The predicted octanol–water partition coefficient (Wildman–Crippen LogP) is 3.86. The van der Waals surface area contributed by atoms with Crippen LogP contribution >= 0.6 is 23.1 Å². The first-order valence-corrected chi connectivity index (χ1v) is 9.34. The highest BCUT2D eigenvalue weighted by molar-refractivity contribution is 8.00. The highest BCUT2D eigenvalue weighted by Crippen LogP contribution is 2.26. The number of aromatic nitrogens is 3. The van der Waals surface area contributed by atoms with Crippen LogP contribution < -0.4 is 5.32 Å². The number of nitrogens with zero attached hydrogens (tertiary/aromatic N) is 2. The molecular formula is C17H16N4O2S2. The third-order valence-corrected chi connectivity index (χ3v) is 5.27. The van der Waals surface area contributed by atoms with Gasteiger partial charge in [-0.15, -0.1) is 16.4 Å². The van der Waals surface area contributed by atoms with E-state index in [2.05, 4.69) is 20.5 Å². The lowest BCUT2D eigenvalue weighted by Crippen LogP contribution is -2.23. The molecule has 0 aliphatic rings. The van der Waals surface area contributed by atoms with Crippen LogP contribution in [-0.4, -0.2) is 32.1 Å². The molecule has 0 fully saturated rings. The standard InChI is InChI=1S/C17H16N4O2S2/c1-10(22)12-6-3-4-7-13(12)18-16(23)11(2)25-17-19-15(20-21-17)14-8-5-9-24-14/h3-9,11H,1-2H3,(H,18,23)(H,19,20,21)/t11-/m0/s1. The van der Waals surface area contributed by atoms with E-state index < -0.39 is 5.25 Å². The molecule has 0 aliphatic carbocycles. The van der Waals surface area contributed by atoms with Gasteiger partial charge in [0, 0.05) is 5.56 Å². The van der Waals surface area contributed by atoms with E-state index in [0.717, 1.165) is 4.88 Å². The van der Waals surface area contributed by atoms with Crippen molar-refractivity contribution in [2.75, 3.05) is 5.32 Å². The first kappa shape index (κ1) is 17.4. The molecule has 0 radical (unpaired) electrons. The quantitative estimate of drug-likeness (QED) is 0.507. The van der Waals surface area contributed by atoms with Crippen molar-refractivity contribution in [3.63, 3.8) is 0 Å². The van der Waals surface area contributed by atoms with Crippen LogP contribution in [0, 0.1) is 0 Å². The van der Waals surface area contributed by atoms with Crippen LogP contribution in [0.25, 0.3) is 10.7 Å². The van der Waals surface area contributed by atoms with Crippen molar-refractivity contribution in [3.05, 3.63) is 47.3 Å². The number of aromatic amines is 1. The lowest BCUT2D eigenvalue weighted by molar-refractivity contribution is -0.115. The Balaban J connectivity index is 1.66. The van der Waals surface area contributed by atoms with E-state index in [1.165, 1.54) is 18.7 Å². The van der Waals surface area contributed by atoms with Crippen LogP contribution in [0.5, 0.6) is 0 Å². The number of rotatable bonds is 6. The van der Waals surface area contributed by atoms with Crippen molar-refractivity contribution in [2.45, 2.75) is 24.3 Å². The van der Waals surface area contributed by atoms with E-state index in [0.29, 0.717) is 22.2 Å². The Labute approximate surface area is 153 Å². The number of thioether (sulfide) groups is 1. The first-order valence-electron chi connectivity index (χ1n) is 7.58. The van der Waals surface area contributed by atoms with Crippen LogP contribution in [0.15, 0.2) is 46.9 Å². The number of amides is 1. The minimum atomic E-state index is -0.410. The van der Waals surface area contributed by atoms with Crippen LogP contribution in [0.1, 0.15) is 24.2 Å². The number of para-hydroxylation sites is 1. The van der Waals surface area contributed by atoms with Gasteiger partial charge in [0.25, 0.3) is 0 Å². The number of hydrogen-bond donors (Lipinski definition) is 2. The van der Waals surface area contributed by atoms with E-state index >= 15 is 0 Å². The predicted molar refractivity (Wildman–Crippen MR) is 100 cm³/mol. The van der Waals surface area contributed by atoms with Gasteiger partial charge in [0.2, 0.25) is 11.1 Å². The van der Waals surface area contributed by atoms with Crippen molar-refractivity contribution in [3.8, 4) is 10.7 Å². The van der Waals surface area contributed by atoms with Gasteiger partial charge in [-0.1, -0.05) is 30.0 Å². The van der Waals surface area contributed by atoms with Gasteiger partial charge in [-0.2, -0.15) is 0 Å². The summed E-state index contributed by atoms with van der Waals surface area (Å²) in [6.07, 6.45) is 0. The fourth-order valence-corrected chi connectivity index (χ4v) is 3.56. The Morgan fingerprint density at radius 1 is 1.24 bits per heavy atom. The minimum absolute atomic E-state index is 0.0919. The zero-order valence-corrected chi connectivity index (χ0v) is 15.3. The van der Waals surface area contributed by atoms with Gasteiger partial charge in [0.1, 0.15) is 0 Å². The molecule has 1 aromatic carbocycles. The SMILES string of the molecule is CC(=O)c1ccccc1NC(=O)[C@H](C)Sc1n[nH]c(-c2cccs2)n1. The van der Waals surface area contributed by atoms with Crippen molar-refractivity contribution >= 4 is 40.5 Å². The largest absolute Gasteiger partial charge is 0.324 e. The Morgan fingerprint density at radius 2 is 2.04 bits per heavy atom. The molecule has 0 aliphatic heterocycles. The smallest absolute Gasteiger partial charge is 0.237 e. The summed E-state index contributed by atoms with van der Waals surface area (Å²) in [5.41, 5.74) is 1.01. The van der Waals surface area contributed by atoms with E-state index in [9.17, 15) is 9.59 Å². The molecule has 2 aromatic heterocycles. The van der Waals surface area contributed by atoms with Crippen LogP contribution in [0.2, 0.25) is 0 Å². The molecule has 0 saturated carbocycles. The number of thiophene rings is 1. The normalized spacial score (nSPS) is 11.9. The maximum atomic E-state index is 12.4. The van der Waals surface area contributed by atoms with Gasteiger partial charge >= 0.3 is 0 Å². The zero-order chi connectivity index (χ0) is 17.8. The molecule has 2 heterocycles. The van der Waals surface area contributed by atoms with Crippen LogP contribution in [0.3, 0.4) is 0 Å². The maximum absolute atomic E-state index is 12.4. The number of benzene rings is 1. The van der Waals surface area contributed by atoms with Gasteiger partial charge in [0.05, 0.1) is 15.8 Å². The molecule has 0 spiro atoms. The summed E-state index contributed by atoms with van der Waals surface area (Å²) in [5, 5.41) is 11.9. The minimum Gasteiger partial charge on any atom is -0.324 e. The number of ketones is 1. The van der Waals surface area contributed by atoms with E-state index in [1.807, 2.05) is 17.5 Å². The number of nitrogens with one attached hydrogen (secondary N) is 2. The molecule has 0 unspecified atom stereocenters. The topological polar surface area (TPSA) is 87.7 Å². The fraction of sp³-hybridized carbons (Fsp3) is 0.176. The molecule has 2 N–H and O–H groups in total. The van der Waals surface area contributed by atoms with Gasteiger partial charge in [0.15, 0.2) is 11.6 Å². The van der Waals surface area contributed by atoms with Crippen molar-refractivity contribution in [1.29, 1.82) is 0 Å². The van der Waals surface area contributed by atoms with Gasteiger partial charge in [-0.05, 0) is 37.4 Å². The lowest BCUT2D eigenvalue weighted by Gasteiger charge is -2.12. The molecule has 1 atom stereocenters. The van der Waals surface area contributed by atoms with E-state index in [-0.39, 0.29) is 11.7 Å². The fourth-order valence-electron chi connectivity index (χ4n) is 2.17. The molecule has 6 nitrogen and oxygen atoms in total. The molecule has 0 bridgehead atoms. The molecule has 0 saturated heterocycles. The van der Waals surface area contributed by atoms with Crippen molar-refractivity contribution in [1.82, 2.24) is 15.2 Å². The van der Waals surface area contributed by atoms with Crippen molar-refractivity contribution in [2.24, 2.45) is 0 Å². The lowest BCUT2D eigenvalue weighted by atomic mass is 10.1. The molecule has 25 heavy (non-hydrogen) atoms. The molecule has 1 amide bonds. The molecule has 8 heteroatoms. The van der Waals surface area contributed by atoms with Gasteiger partial charge in [-0.25, -0.2) is 4.98 Å². The number of hydrogen-bond acceptors (Lipinski definition) is 6. The van der Waals surface area contributed by atoms with Gasteiger partial charge in [-0.3, -0.25) is 14.7 Å². The monoisotopic (exact) mass is 372 g/mol. The summed E-state index contributed by atoms with van der Waals surface area (Å²) in [4.78, 5) is 29.5. The molecule has 3 rings (SSSR count). The summed E-state index contributed by atoms with van der Waals surface area (Å²) >= 11 is 2.82. The Kier molecular flexibility index (Phi) is 5.30. The summed E-state index contributed by atoms with van der Waals surface area (Å²) < 4.78 is 0. The third kappa shape index (κ3) is 4.15. The average Bonchev–Trinajstić information content (AvgIpc) is 3.26. The average molecular weight is 372 g/mol. The Hall–Kier alpha value is -2.45. The molecule has 3 aromatic rings. The van der Waals surface area contributed by atoms with Crippen molar-refractivity contribution < 1.29 is 9.59 Å². The summed E-state index contributed by atoms with van der Waals surface area (Å²) in [6, 6.07) is 10.9. The first-order chi connectivity index (χ1) is 12.0. The maximum Gasteiger partial charge on any atom is 0.237 e. The van der Waals surface area contributed by atoms with E-state index in [4.69, 9.17) is 0 Å². The number of carbonyl (C=O) groups is 2. The second kappa shape index (κ2) is 7.62. The number of carbonyl (C=O) groups excluding carboxylic acids is 2.